The number of rotatable bonds is 0. The first-order chi connectivity index (χ1) is 6.40. The Hall–Kier alpha value is -1.31. The Morgan fingerprint density at radius 1 is 1.15 bits per heavy atom. The van der Waals surface area contributed by atoms with Gasteiger partial charge in [0.15, 0.2) is 0 Å². The molecule has 1 fully saturated rings. The van der Waals surface area contributed by atoms with E-state index in [-0.39, 0.29) is 0 Å². The lowest BCUT2D eigenvalue weighted by Gasteiger charge is -2.31. The number of oxime groups is 1. The molecule has 0 amide bonds. The lowest BCUT2D eigenvalue weighted by molar-refractivity contribution is 0.302. The molecule has 0 aliphatic heterocycles. The SMILES string of the molecule is O/N=C1/C[C@H]2c3ccccc3C[C@H]12. The predicted octanol–water partition coefficient (Wildman–Crippen LogP) is 2.18. The quantitative estimate of drug-likeness (QED) is 0.473. The summed E-state index contributed by atoms with van der Waals surface area (Å²) in [6.07, 6.45) is 2.03. The standard InChI is InChI=1S/C11H11NO/c13-12-11-6-9-8-4-2-1-3-7(8)5-10(9)11/h1-4,9-10,13H,5-6H2/b12-11-/t9-,10-/m0/s1. The van der Waals surface area contributed by atoms with Crippen LogP contribution in [0, 0.1) is 5.92 Å². The third-order valence-corrected chi connectivity index (χ3v) is 3.37. The molecule has 1 N–H and O–H groups in total. The molecule has 2 atom stereocenters. The monoisotopic (exact) mass is 173 g/mol. The van der Waals surface area contributed by atoms with Gasteiger partial charge in [-0.15, -0.1) is 0 Å². The van der Waals surface area contributed by atoms with Gasteiger partial charge in [-0.3, -0.25) is 0 Å². The van der Waals surface area contributed by atoms with Crippen molar-refractivity contribution in [3.8, 4) is 0 Å². The number of fused-ring (bicyclic) bond motifs is 3. The van der Waals surface area contributed by atoms with Gasteiger partial charge in [0, 0.05) is 5.92 Å². The molecule has 2 heteroatoms. The number of hydrogen-bond acceptors (Lipinski definition) is 2. The molecule has 2 nitrogen and oxygen atoms in total. The van der Waals surface area contributed by atoms with Gasteiger partial charge in [0.05, 0.1) is 5.71 Å². The Bertz CT molecular complexity index is 383. The Morgan fingerprint density at radius 2 is 2.00 bits per heavy atom. The first-order valence-corrected chi connectivity index (χ1v) is 4.69. The van der Waals surface area contributed by atoms with E-state index in [0.29, 0.717) is 11.8 Å². The van der Waals surface area contributed by atoms with Gasteiger partial charge in [-0.05, 0) is 29.9 Å². The lowest BCUT2D eigenvalue weighted by atomic mass is 9.72. The van der Waals surface area contributed by atoms with Crippen LogP contribution in [0.3, 0.4) is 0 Å². The van der Waals surface area contributed by atoms with Gasteiger partial charge in [0.1, 0.15) is 0 Å². The molecule has 0 heterocycles. The highest BCUT2D eigenvalue weighted by Gasteiger charge is 2.44. The normalized spacial score (nSPS) is 32.5. The zero-order valence-electron chi connectivity index (χ0n) is 7.27. The zero-order valence-corrected chi connectivity index (χ0v) is 7.27. The molecular formula is C11H11NO. The molecule has 1 aromatic rings. The number of hydrogen-bond donors (Lipinski definition) is 1. The van der Waals surface area contributed by atoms with Crippen LogP contribution in [-0.4, -0.2) is 10.9 Å². The van der Waals surface area contributed by atoms with Crippen molar-refractivity contribution in [3.05, 3.63) is 35.4 Å². The molecule has 0 unspecified atom stereocenters. The average molecular weight is 173 g/mol. The lowest BCUT2D eigenvalue weighted by Crippen LogP contribution is -2.32. The number of nitrogens with zero attached hydrogens (tertiary/aromatic N) is 1. The molecule has 0 spiro atoms. The Labute approximate surface area is 76.9 Å². The van der Waals surface area contributed by atoms with Gasteiger partial charge in [-0.25, -0.2) is 0 Å². The van der Waals surface area contributed by atoms with Gasteiger partial charge in [-0.1, -0.05) is 29.4 Å². The topological polar surface area (TPSA) is 32.6 Å². The minimum absolute atomic E-state index is 0.502. The van der Waals surface area contributed by atoms with Crippen molar-refractivity contribution in [1.29, 1.82) is 0 Å². The largest absolute Gasteiger partial charge is 0.411 e. The van der Waals surface area contributed by atoms with Crippen LogP contribution in [0.5, 0.6) is 0 Å². The molecule has 0 bridgehead atoms. The average Bonchev–Trinajstić information content (AvgIpc) is 2.41. The zero-order chi connectivity index (χ0) is 8.84. The van der Waals surface area contributed by atoms with E-state index in [0.717, 1.165) is 18.6 Å². The Morgan fingerprint density at radius 3 is 2.85 bits per heavy atom. The summed E-state index contributed by atoms with van der Waals surface area (Å²) < 4.78 is 0. The minimum Gasteiger partial charge on any atom is -0.411 e. The maximum Gasteiger partial charge on any atom is 0.0617 e. The van der Waals surface area contributed by atoms with Crippen LogP contribution in [0.25, 0.3) is 0 Å². The molecule has 2 aliphatic carbocycles. The summed E-state index contributed by atoms with van der Waals surface area (Å²) in [5.74, 6) is 1.14. The van der Waals surface area contributed by atoms with E-state index < -0.39 is 0 Å². The fourth-order valence-electron chi connectivity index (χ4n) is 2.61. The van der Waals surface area contributed by atoms with E-state index in [1.54, 1.807) is 0 Å². The summed E-state index contributed by atoms with van der Waals surface area (Å²) in [6.45, 7) is 0. The highest BCUT2D eigenvalue weighted by Crippen LogP contribution is 2.49. The van der Waals surface area contributed by atoms with Gasteiger partial charge in [0.25, 0.3) is 0 Å². The van der Waals surface area contributed by atoms with Gasteiger partial charge in [0.2, 0.25) is 0 Å². The molecule has 0 radical (unpaired) electrons. The molecule has 3 rings (SSSR count). The van der Waals surface area contributed by atoms with Crippen molar-refractivity contribution in [3.63, 3.8) is 0 Å². The third-order valence-electron chi connectivity index (χ3n) is 3.37. The van der Waals surface area contributed by atoms with Crippen molar-refractivity contribution in [2.75, 3.05) is 0 Å². The maximum absolute atomic E-state index is 8.70. The van der Waals surface area contributed by atoms with Crippen LogP contribution < -0.4 is 0 Å². The molecule has 13 heavy (non-hydrogen) atoms. The van der Waals surface area contributed by atoms with Crippen LogP contribution in [0.2, 0.25) is 0 Å². The second kappa shape index (κ2) is 2.34. The van der Waals surface area contributed by atoms with Crippen LogP contribution in [0.1, 0.15) is 23.5 Å². The van der Waals surface area contributed by atoms with E-state index >= 15 is 0 Å². The molecule has 0 aromatic heterocycles. The van der Waals surface area contributed by atoms with E-state index in [4.69, 9.17) is 5.21 Å². The van der Waals surface area contributed by atoms with Crippen LogP contribution >= 0.6 is 0 Å². The molecule has 66 valence electrons. The molecule has 1 aromatic carbocycles. The van der Waals surface area contributed by atoms with E-state index in [1.807, 2.05) is 0 Å². The first kappa shape index (κ1) is 7.13. The van der Waals surface area contributed by atoms with Crippen LogP contribution in [0.15, 0.2) is 29.4 Å². The Balaban J connectivity index is 2.02. The van der Waals surface area contributed by atoms with Crippen molar-refractivity contribution >= 4 is 5.71 Å². The fourth-order valence-corrected chi connectivity index (χ4v) is 2.61. The first-order valence-electron chi connectivity index (χ1n) is 4.69. The van der Waals surface area contributed by atoms with Crippen molar-refractivity contribution in [2.45, 2.75) is 18.8 Å². The highest BCUT2D eigenvalue weighted by molar-refractivity contribution is 5.95. The third kappa shape index (κ3) is 0.804. The second-order valence-corrected chi connectivity index (χ2v) is 3.91. The minimum atomic E-state index is 0.502. The summed E-state index contributed by atoms with van der Waals surface area (Å²) in [5, 5.41) is 12.0. The van der Waals surface area contributed by atoms with Gasteiger partial charge < -0.3 is 5.21 Å². The van der Waals surface area contributed by atoms with Crippen molar-refractivity contribution in [2.24, 2.45) is 11.1 Å². The summed E-state index contributed by atoms with van der Waals surface area (Å²) in [5.41, 5.74) is 3.90. The smallest absolute Gasteiger partial charge is 0.0617 e. The second-order valence-electron chi connectivity index (χ2n) is 3.91. The van der Waals surface area contributed by atoms with E-state index in [1.165, 1.54) is 11.1 Å². The summed E-state index contributed by atoms with van der Waals surface area (Å²) in [6, 6.07) is 8.56. The van der Waals surface area contributed by atoms with Crippen LogP contribution in [0.4, 0.5) is 0 Å². The molecular weight excluding hydrogens is 162 g/mol. The van der Waals surface area contributed by atoms with Crippen molar-refractivity contribution < 1.29 is 5.21 Å². The Kier molecular flexibility index (Phi) is 1.29. The summed E-state index contributed by atoms with van der Waals surface area (Å²) in [7, 11) is 0. The fraction of sp³-hybridized carbons (Fsp3) is 0.364. The predicted molar refractivity (Wildman–Crippen MR) is 50.2 cm³/mol. The van der Waals surface area contributed by atoms with Gasteiger partial charge in [-0.2, -0.15) is 0 Å². The van der Waals surface area contributed by atoms with E-state index in [9.17, 15) is 0 Å². The summed E-state index contributed by atoms with van der Waals surface area (Å²) in [4.78, 5) is 0. The van der Waals surface area contributed by atoms with Gasteiger partial charge >= 0.3 is 0 Å². The summed E-state index contributed by atoms with van der Waals surface area (Å²) >= 11 is 0. The highest BCUT2D eigenvalue weighted by atomic mass is 16.4. The molecule has 2 aliphatic rings. The number of benzene rings is 1. The molecule has 0 saturated heterocycles. The molecule has 1 saturated carbocycles. The maximum atomic E-state index is 8.70. The van der Waals surface area contributed by atoms with Crippen molar-refractivity contribution in [1.82, 2.24) is 0 Å². The van der Waals surface area contributed by atoms with Crippen LogP contribution in [-0.2, 0) is 6.42 Å². The van der Waals surface area contributed by atoms with E-state index in [2.05, 4.69) is 29.4 Å².